The number of anilines is 1. The van der Waals surface area contributed by atoms with Crippen molar-refractivity contribution in [3.63, 3.8) is 0 Å². The number of hydrogen-bond donors (Lipinski definition) is 2. The van der Waals surface area contributed by atoms with Crippen LogP contribution in [0, 0.1) is 0 Å². The molecule has 0 atom stereocenters. The van der Waals surface area contributed by atoms with Gasteiger partial charge in [0, 0.05) is 12.2 Å². The van der Waals surface area contributed by atoms with Gasteiger partial charge in [-0.2, -0.15) is 5.11 Å². The van der Waals surface area contributed by atoms with Crippen molar-refractivity contribution >= 4 is 22.8 Å². The first-order chi connectivity index (χ1) is 10.1. The normalized spacial score (nSPS) is 11.0. The first kappa shape index (κ1) is 14.9. The maximum Gasteiger partial charge on any atom is 0.159 e. The molecule has 0 unspecified atom stereocenters. The highest BCUT2D eigenvalue weighted by Gasteiger charge is 2.04. The van der Waals surface area contributed by atoms with Crippen LogP contribution in [0.5, 0.6) is 0 Å². The number of hydrogen-bond acceptors (Lipinski definition) is 5. The summed E-state index contributed by atoms with van der Waals surface area (Å²) in [5.41, 5.74) is 9.08. The van der Waals surface area contributed by atoms with Gasteiger partial charge in [-0.1, -0.05) is 24.3 Å². The van der Waals surface area contributed by atoms with Crippen LogP contribution in [0.2, 0.25) is 0 Å². The molecule has 2 aromatic carbocycles. The van der Waals surface area contributed by atoms with Crippen LogP contribution >= 0.6 is 0 Å². The van der Waals surface area contributed by atoms with Gasteiger partial charge < -0.3 is 10.8 Å². The van der Waals surface area contributed by atoms with Gasteiger partial charge in [-0.05, 0) is 37.1 Å². The fourth-order valence-electron chi connectivity index (χ4n) is 1.92. The molecule has 0 aliphatic heterocycles. The average Bonchev–Trinajstić information content (AvgIpc) is 2.48. The van der Waals surface area contributed by atoms with Crippen LogP contribution in [-0.2, 0) is 6.42 Å². The number of benzene rings is 2. The van der Waals surface area contributed by atoms with Gasteiger partial charge in [0.15, 0.2) is 5.78 Å². The quantitative estimate of drug-likeness (QED) is 0.500. The lowest BCUT2D eigenvalue weighted by atomic mass is 10.1. The summed E-state index contributed by atoms with van der Waals surface area (Å²) in [5.74, 6) is -0.0171. The molecule has 2 aromatic rings. The molecule has 3 N–H and O–H groups in total. The van der Waals surface area contributed by atoms with Crippen molar-refractivity contribution in [1.29, 1.82) is 0 Å². The molecule has 0 amide bonds. The minimum absolute atomic E-state index is 0.0171. The number of Topliss-reactive ketones (excluding diaryl/α,β-unsaturated/α-hetero) is 1. The number of aliphatic hydroxyl groups is 1. The SMILES string of the molecule is CC(=O)c1cccc(N=Nc2cccc(CCO)c2N)c1. The van der Waals surface area contributed by atoms with Gasteiger partial charge in [0.1, 0.15) is 5.69 Å². The molecule has 0 saturated carbocycles. The Morgan fingerprint density at radius 3 is 2.67 bits per heavy atom. The zero-order valence-electron chi connectivity index (χ0n) is 11.8. The van der Waals surface area contributed by atoms with Gasteiger partial charge in [-0.25, -0.2) is 0 Å². The van der Waals surface area contributed by atoms with E-state index in [4.69, 9.17) is 10.8 Å². The van der Waals surface area contributed by atoms with Crippen molar-refractivity contribution < 1.29 is 9.90 Å². The Kier molecular flexibility index (Phi) is 4.79. The van der Waals surface area contributed by atoms with Gasteiger partial charge in [0.05, 0.1) is 11.4 Å². The minimum atomic E-state index is -0.0171. The molecule has 21 heavy (non-hydrogen) atoms. The average molecular weight is 283 g/mol. The number of para-hydroxylation sites is 1. The van der Waals surface area contributed by atoms with Crippen LogP contribution in [-0.4, -0.2) is 17.5 Å². The van der Waals surface area contributed by atoms with E-state index in [1.807, 2.05) is 12.1 Å². The van der Waals surface area contributed by atoms with Gasteiger partial charge in [0.25, 0.3) is 0 Å². The molecule has 0 aliphatic carbocycles. The molecule has 5 heteroatoms. The van der Waals surface area contributed by atoms with E-state index >= 15 is 0 Å². The van der Waals surface area contributed by atoms with E-state index in [0.29, 0.717) is 29.0 Å². The van der Waals surface area contributed by atoms with Crippen molar-refractivity contribution in [3.8, 4) is 0 Å². The highest BCUT2D eigenvalue weighted by Crippen LogP contribution is 2.28. The Labute approximate surface area is 123 Å². The van der Waals surface area contributed by atoms with Gasteiger partial charge in [-0.15, -0.1) is 5.11 Å². The van der Waals surface area contributed by atoms with Crippen molar-refractivity contribution in [3.05, 3.63) is 53.6 Å². The maximum absolute atomic E-state index is 11.3. The lowest BCUT2D eigenvalue weighted by Crippen LogP contribution is -1.97. The first-order valence-electron chi connectivity index (χ1n) is 6.63. The molecule has 0 bridgehead atoms. The molecule has 2 rings (SSSR count). The number of ketones is 1. The van der Waals surface area contributed by atoms with E-state index < -0.39 is 0 Å². The number of carbonyl (C=O) groups is 1. The third kappa shape index (κ3) is 3.73. The van der Waals surface area contributed by atoms with Crippen molar-refractivity contribution in [2.24, 2.45) is 10.2 Å². The summed E-state index contributed by atoms with van der Waals surface area (Å²) >= 11 is 0. The summed E-state index contributed by atoms with van der Waals surface area (Å²) in [4.78, 5) is 11.3. The maximum atomic E-state index is 11.3. The predicted octanol–water partition coefficient (Wildman–Crippen LogP) is 3.42. The van der Waals surface area contributed by atoms with Crippen molar-refractivity contribution in [1.82, 2.24) is 0 Å². The Morgan fingerprint density at radius 1 is 1.19 bits per heavy atom. The molecule has 0 fully saturated rings. The Morgan fingerprint density at radius 2 is 1.95 bits per heavy atom. The molecule has 108 valence electrons. The second-order valence-electron chi connectivity index (χ2n) is 4.63. The van der Waals surface area contributed by atoms with Gasteiger partial charge in [-0.3, -0.25) is 4.79 Å². The lowest BCUT2D eigenvalue weighted by Gasteiger charge is -2.05. The number of aliphatic hydroxyl groups excluding tert-OH is 1. The van der Waals surface area contributed by atoms with E-state index in [2.05, 4.69) is 10.2 Å². The topological polar surface area (TPSA) is 88.0 Å². The number of azo groups is 1. The van der Waals surface area contributed by atoms with Crippen LogP contribution < -0.4 is 5.73 Å². The summed E-state index contributed by atoms with van der Waals surface area (Å²) in [6, 6.07) is 12.4. The van der Waals surface area contributed by atoms with Crippen molar-refractivity contribution in [2.75, 3.05) is 12.3 Å². The van der Waals surface area contributed by atoms with Crippen molar-refractivity contribution in [2.45, 2.75) is 13.3 Å². The Balaban J connectivity index is 2.27. The molecule has 0 radical (unpaired) electrons. The molecule has 0 heterocycles. The molecule has 5 nitrogen and oxygen atoms in total. The third-order valence-electron chi connectivity index (χ3n) is 3.08. The fraction of sp³-hybridized carbons (Fsp3) is 0.188. The van der Waals surface area contributed by atoms with Crippen LogP contribution in [0.15, 0.2) is 52.7 Å². The minimum Gasteiger partial charge on any atom is -0.397 e. The summed E-state index contributed by atoms with van der Waals surface area (Å²) in [6.07, 6.45) is 0.481. The van der Waals surface area contributed by atoms with E-state index in [-0.39, 0.29) is 12.4 Å². The van der Waals surface area contributed by atoms with Gasteiger partial charge >= 0.3 is 0 Å². The van der Waals surface area contributed by atoms with Crippen LogP contribution in [0.1, 0.15) is 22.8 Å². The van der Waals surface area contributed by atoms with E-state index in [1.54, 1.807) is 30.3 Å². The number of rotatable bonds is 5. The largest absolute Gasteiger partial charge is 0.397 e. The summed E-state index contributed by atoms with van der Waals surface area (Å²) in [6.45, 7) is 1.54. The lowest BCUT2D eigenvalue weighted by molar-refractivity contribution is 0.101. The smallest absolute Gasteiger partial charge is 0.159 e. The van der Waals surface area contributed by atoms with E-state index in [9.17, 15) is 4.79 Å². The third-order valence-corrected chi connectivity index (χ3v) is 3.08. The van der Waals surface area contributed by atoms with Crippen LogP contribution in [0.4, 0.5) is 17.1 Å². The second kappa shape index (κ2) is 6.76. The number of nitrogen functional groups attached to an aromatic ring is 1. The molecule has 0 saturated heterocycles. The first-order valence-corrected chi connectivity index (χ1v) is 6.63. The zero-order chi connectivity index (χ0) is 15.2. The Bertz CT molecular complexity index is 681. The highest BCUT2D eigenvalue weighted by atomic mass is 16.3. The summed E-state index contributed by atoms with van der Waals surface area (Å²) in [7, 11) is 0. The summed E-state index contributed by atoms with van der Waals surface area (Å²) in [5, 5.41) is 17.2. The molecule has 0 aliphatic rings. The highest BCUT2D eigenvalue weighted by molar-refractivity contribution is 5.94. The van der Waals surface area contributed by atoms with Crippen LogP contribution in [0.25, 0.3) is 0 Å². The number of nitrogens with zero attached hydrogens (tertiary/aromatic N) is 2. The van der Waals surface area contributed by atoms with E-state index in [1.165, 1.54) is 6.92 Å². The number of carbonyl (C=O) groups excluding carboxylic acids is 1. The molecule has 0 aromatic heterocycles. The molecule has 0 spiro atoms. The molecular weight excluding hydrogens is 266 g/mol. The standard InChI is InChI=1S/C16H17N3O2/c1-11(21)13-5-2-6-14(10-13)18-19-15-7-3-4-12(8-9-20)16(15)17/h2-7,10,20H,8-9,17H2,1H3. The molecular formula is C16H17N3O2. The fourth-order valence-corrected chi connectivity index (χ4v) is 1.92. The predicted molar refractivity (Wildman–Crippen MR) is 82.3 cm³/mol. The monoisotopic (exact) mass is 283 g/mol. The van der Waals surface area contributed by atoms with Gasteiger partial charge in [0.2, 0.25) is 0 Å². The van der Waals surface area contributed by atoms with E-state index in [0.717, 1.165) is 5.56 Å². The van der Waals surface area contributed by atoms with Crippen LogP contribution in [0.3, 0.4) is 0 Å². The number of nitrogens with two attached hydrogens (primary N) is 1. The summed E-state index contributed by atoms with van der Waals surface area (Å²) < 4.78 is 0. The Hall–Kier alpha value is -2.53. The zero-order valence-corrected chi connectivity index (χ0v) is 11.8. The second-order valence-corrected chi connectivity index (χ2v) is 4.63.